The van der Waals surface area contributed by atoms with E-state index in [-0.39, 0.29) is 55.5 Å². The maximum absolute atomic E-state index is 14.0. The minimum atomic E-state index is -1.84. The number of phenolic OH excluding ortho intramolecular Hbond substituents is 1. The van der Waals surface area contributed by atoms with E-state index in [2.05, 4.69) is 0 Å². The van der Waals surface area contributed by atoms with Gasteiger partial charge < -0.3 is 49.6 Å². The van der Waals surface area contributed by atoms with E-state index in [0.717, 1.165) is 30.4 Å². The summed E-state index contributed by atoms with van der Waals surface area (Å²) in [6, 6.07) is 11.9. The van der Waals surface area contributed by atoms with Crippen molar-refractivity contribution >= 4 is 18.0 Å². The third kappa shape index (κ3) is 11.0. The number of hydrogen-bond donors (Lipinski definition) is 6. The largest absolute Gasteiger partial charge is 0.504 e. The first-order chi connectivity index (χ1) is 22.6. The van der Waals surface area contributed by atoms with E-state index in [1.165, 1.54) is 25.3 Å². The molecule has 0 unspecified atom stereocenters. The molecule has 47 heavy (non-hydrogen) atoms. The normalized spacial score (nSPS) is 22.0. The third-order valence-electron chi connectivity index (χ3n) is 8.14. The molecular formula is C35H48O12. The van der Waals surface area contributed by atoms with Crippen LogP contribution in [0, 0.1) is 0 Å². The molecule has 1 heterocycles. The molecule has 1 fully saturated rings. The Morgan fingerprint density at radius 3 is 2.45 bits per heavy atom. The van der Waals surface area contributed by atoms with Crippen LogP contribution in [0.2, 0.25) is 0 Å². The molecule has 1 aliphatic rings. The summed E-state index contributed by atoms with van der Waals surface area (Å²) in [5.74, 6) is -1.91. The highest BCUT2D eigenvalue weighted by molar-refractivity contribution is 5.94. The van der Waals surface area contributed by atoms with Crippen LogP contribution in [0.3, 0.4) is 0 Å². The maximum Gasteiger partial charge on any atom is 0.334 e. The summed E-state index contributed by atoms with van der Waals surface area (Å²) in [4.78, 5) is 26.7. The van der Waals surface area contributed by atoms with Crippen LogP contribution in [-0.4, -0.2) is 100 Å². The van der Waals surface area contributed by atoms with Gasteiger partial charge in [0.25, 0.3) is 0 Å². The molecule has 0 aromatic heterocycles. The zero-order chi connectivity index (χ0) is 34.3. The van der Waals surface area contributed by atoms with E-state index in [1.54, 1.807) is 6.07 Å². The Balaban J connectivity index is 1.97. The summed E-state index contributed by atoms with van der Waals surface area (Å²) in [5.41, 5.74) is 2.25. The monoisotopic (exact) mass is 660 g/mol. The zero-order valence-electron chi connectivity index (χ0n) is 27.0. The number of aromatic hydroxyl groups is 1. The summed E-state index contributed by atoms with van der Waals surface area (Å²) < 4.78 is 21.8. The summed E-state index contributed by atoms with van der Waals surface area (Å²) in [7, 11) is 1.38. The molecule has 260 valence electrons. The first-order valence-corrected chi connectivity index (χ1v) is 16.1. The summed E-state index contributed by atoms with van der Waals surface area (Å²) in [6.07, 6.45) is -2.33. The predicted molar refractivity (Wildman–Crippen MR) is 171 cm³/mol. The van der Waals surface area contributed by atoms with Crippen molar-refractivity contribution in [3.63, 3.8) is 0 Å². The molecule has 0 bridgehead atoms. The number of phenols is 1. The van der Waals surface area contributed by atoms with Gasteiger partial charge in [-0.05, 0) is 66.5 Å². The molecule has 0 saturated carbocycles. The molecule has 2 aromatic carbocycles. The Morgan fingerprint density at radius 1 is 0.979 bits per heavy atom. The third-order valence-corrected chi connectivity index (χ3v) is 8.14. The molecule has 12 nitrogen and oxygen atoms in total. The second-order valence-electron chi connectivity index (χ2n) is 11.6. The molecule has 0 aliphatic carbocycles. The number of carbonyl (C=O) groups is 2. The number of esters is 2. The van der Waals surface area contributed by atoms with Crippen LogP contribution in [0.4, 0.5) is 0 Å². The number of aliphatic hydroxyl groups is 5. The summed E-state index contributed by atoms with van der Waals surface area (Å²) >= 11 is 0. The first kappa shape index (κ1) is 37.9. The van der Waals surface area contributed by atoms with Gasteiger partial charge in [0.1, 0.15) is 12.2 Å². The van der Waals surface area contributed by atoms with Gasteiger partial charge in [-0.1, -0.05) is 56.5 Å². The fourth-order valence-electron chi connectivity index (χ4n) is 5.55. The van der Waals surface area contributed by atoms with Crippen LogP contribution >= 0.6 is 0 Å². The summed E-state index contributed by atoms with van der Waals surface area (Å²) in [6.45, 7) is 1.11. The second kappa shape index (κ2) is 19.3. The SMILES string of the molecule is CCCCCCC(=O)O[C@H]1[C@@H](O)[C@H](CO)O[C@@H](O)[C@@H]1OC(=O)C(=Cc1ccc(O)c(OC)c1)C[C@H](CCO)c1cccc(CCO)c1. The molecule has 0 amide bonds. The van der Waals surface area contributed by atoms with E-state index in [4.69, 9.17) is 18.9 Å². The molecule has 1 saturated heterocycles. The van der Waals surface area contributed by atoms with Crippen LogP contribution in [0.15, 0.2) is 48.0 Å². The first-order valence-electron chi connectivity index (χ1n) is 16.1. The van der Waals surface area contributed by atoms with E-state index in [0.29, 0.717) is 18.4 Å². The molecule has 1 aliphatic heterocycles. The van der Waals surface area contributed by atoms with Crippen molar-refractivity contribution in [2.75, 3.05) is 26.9 Å². The van der Waals surface area contributed by atoms with Gasteiger partial charge in [0, 0.05) is 25.2 Å². The number of aliphatic hydroxyl groups excluding tert-OH is 5. The highest BCUT2D eigenvalue weighted by Crippen LogP contribution is 2.33. The van der Waals surface area contributed by atoms with Gasteiger partial charge in [-0.2, -0.15) is 0 Å². The van der Waals surface area contributed by atoms with Crippen molar-refractivity contribution in [2.24, 2.45) is 0 Å². The average Bonchev–Trinajstić information content (AvgIpc) is 3.06. The van der Waals surface area contributed by atoms with Crippen LogP contribution in [0.1, 0.15) is 74.5 Å². The van der Waals surface area contributed by atoms with Gasteiger partial charge in [-0.25, -0.2) is 4.79 Å². The van der Waals surface area contributed by atoms with Gasteiger partial charge in [-0.15, -0.1) is 0 Å². The Labute approximate surface area is 275 Å². The lowest BCUT2D eigenvalue weighted by molar-refractivity contribution is -0.293. The van der Waals surface area contributed by atoms with Crippen LogP contribution < -0.4 is 4.74 Å². The van der Waals surface area contributed by atoms with Crippen molar-refractivity contribution in [3.05, 3.63) is 64.7 Å². The number of rotatable bonds is 18. The fraction of sp³-hybridized carbons (Fsp3) is 0.543. The number of unbranched alkanes of at least 4 members (excludes halogenated alkanes) is 3. The van der Waals surface area contributed by atoms with Gasteiger partial charge >= 0.3 is 11.9 Å². The average molecular weight is 661 g/mol. The van der Waals surface area contributed by atoms with E-state index in [9.17, 15) is 40.2 Å². The molecular weight excluding hydrogens is 612 g/mol. The molecule has 0 radical (unpaired) electrons. The minimum Gasteiger partial charge on any atom is -0.504 e. The Bertz CT molecular complexity index is 1310. The number of ether oxygens (including phenoxy) is 4. The predicted octanol–water partition coefficient (Wildman–Crippen LogP) is 2.74. The molecule has 6 N–H and O–H groups in total. The second-order valence-corrected chi connectivity index (χ2v) is 11.6. The Morgan fingerprint density at radius 2 is 1.77 bits per heavy atom. The quantitative estimate of drug-likeness (QED) is 0.0780. The topological polar surface area (TPSA) is 192 Å². The minimum absolute atomic E-state index is 0.0481. The van der Waals surface area contributed by atoms with Crippen LogP contribution in [0.5, 0.6) is 11.5 Å². The highest BCUT2D eigenvalue weighted by atomic mass is 16.7. The number of hydrogen-bond acceptors (Lipinski definition) is 12. The zero-order valence-corrected chi connectivity index (χ0v) is 27.0. The maximum atomic E-state index is 14.0. The van der Waals surface area contributed by atoms with Crippen molar-refractivity contribution < 1.29 is 59.2 Å². The number of benzene rings is 2. The fourth-order valence-corrected chi connectivity index (χ4v) is 5.55. The van der Waals surface area contributed by atoms with Gasteiger partial charge in [0.05, 0.1) is 13.7 Å². The smallest absolute Gasteiger partial charge is 0.334 e. The standard InChI is InChI=1S/C35H48O12/c1-3-4-5-6-10-30(40)46-32-31(41)29(21-38)45-35(43)33(32)47-34(42)26(18-23-11-12-27(39)28(19-23)44-2)20-25(14-16-37)24-9-7-8-22(17-24)13-15-36/h7-9,11-12,17-19,25,29,31-33,35-39,41,43H,3-6,10,13-16,20-21H2,1-2H3/t25-,29-,31-,32-,33+,35+/m0/s1. The van der Waals surface area contributed by atoms with E-state index < -0.39 is 49.3 Å². The molecule has 3 rings (SSSR count). The number of methoxy groups -OCH3 is 1. The van der Waals surface area contributed by atoms with Crippen molar-refractivity contribution in [1.29, 1.82) is 0 Å². The lowest BCUT2D eigenvalue weighted by atomic mass is 9.87. The van der Waals surface area contributed by atoms with E-state index >= 15 is 0 Å². The highest BCUT2D eigenvalue weighted by Gasteiger charge is 2.49. The molecule has 0 spiro atoms. The molecule has 12 heteroatoms. The molecule has 6 atom stereocenters. The van der Waals surface area contributed by atoms with Crippen LogP contribution in [0.25, 0.3) is 6.08 Å². The lowest BCUT2D eigenvalue weighted by Gasteiger charge is -2.41. The van der Waals surface area contributed by atoms with Crippen molar-refractivity contribution in [2.45, 2.75) is 94.9 Å². The van der Waals surface area contributed by atoms with Gasteiger partial charge in [0.15, 0.2) is 30.0 Å². The van der Waals surface area contributed by atoms with Crippen LogP contribution in [-0.2, 0) is 30.2 Å². The Kier molecular flexibility index (Phi) is 15.6. The van der Waals surface area contributed by atoms with Gasteiger partial charge in [-0.3, -0.25) is 4.79 Å². The van der Waals surface area contributed by atoms with Crippen molar-refractivity contribution in [3.8, 4) is 11.5 Å². The lowest BCUT2D eigenvalue weighted by Crippen LogP contribution is -2.61. The number of carbonyl (C=O) groups excluding carboxylic acids is 2. The Hall–Kier alpha value is -3.52. The summed E-state index contributed by atoms with van der Waals surface area (Å²) in [5, 5.41) is 60.9. The van der Waals surface area contributed by atoms with Gasteiger partial charge in [0.2, 0.25) is 0 Å². The van der Waals surface area contributed by atoms with Crippen molar-refractivity contribution in [1.82, 2.24) is 0 Å². The van der Waals surface area contributed by atoms with E-state index in [1.807, 2.05) is 31.2 Å². The molecule has 2 aromatic rings.